The Morgan fingerprint density at radius 1 is 1.04 bits per heavy atom. The number of hydrogen-bond donors (Lipinski definition) is 1. The Hall–Kier alpha value is 0.896. The molecule has 0 saturated heterocycles. The van der Waals surface area contributed by atoms with Gasteiger partial charge in [-0.1, -0.05) is 38.2 Å². The maximum absolute atomic E-state index is 10.1. The number of allylic oxidation sites excluding steroid dienone is 4. The monoisotopic (exact) mass is 494 g/mol. The summed E-state index contributed by atoms with van der Waals surface area (Å²) in [5.41, 5.74) is 0. The van der Waals surface area contributed by atoms with Crippen LogP contribution < -0.4 is 12.4 Å². The summed E-state index contributed by atoms with van der Waals surface area (Å²) in [6, 6.07) is 0. The third-order valence-electron chi connectivity index (χ3n) is 3.98. The Kier molecular flexibility index (Phi) is 30.7. The third-order valence-corrected chi connectivity index (χ3v) is 3.98. The van der Waals surface area contributed by atoms with E-state index in [0.29, 0.717) is 17.8 Å². The summed E-state index contributed by atoms with van der Waals surface area (Å²) in [7, 11) is 0. The average molecular weight is 495 g/mol. The molecule has 2 aliphatic carbocycles. The summed E-state index contributed by atoms with van der Waals surface area (Å²) < 4.78 is 0. The van der Waals surface area contributed by atoms with Crippen LogP contribution in [-0.2, 0) is 4.79 Å². The van der Waals surface area contributed by atoms with Crippen molar-refractivity contribution in [3.8, 4) is 0 Å². The molecule has 0 aliphatic heterocycles. The van der Waals surface area contributed by atoms with Crippen molar-refractivity contribution in [3.63, 3.8) is 0 Å². The van der Waals surface area contributed by atoms with Crippen LogP contribution in [0.5, 0.6) is 0 Å². The molecule has 2 aliphatic rings. The van der Waals surface area contributed by atoms with Crippen LogP contribution in [0, 0.1) is 24.2 Å². The summed E-state index contributed by atoms with van der Waals surface area (Å²) in [5, 5.41) is 9.72. The quantitative estimate of drug-likeness (QED) is 0.215. The van der Waals surface area contributed by atoms with E-state index in [1.165, 1.54) is 0 Å². The van der Waals surface area contributed by atoms with E-state index in [1.54, 1.807) is 0 Å². The third kappa shape index (κ3) is 18.0. The summed E-state index contributed by atoms with van der Waals surface area (Å²) in [4.78, 5) is 10.1. The van der Waals surface area contributed by atoms with Gasteiger partial charge in [0.25, 0.3) is 0 Å². The Balaban J connectivity index is -0.000000141. The molecule has 25 heavy (non-hydrogen) atoms. The minimum absolute atomic E-state index is 0. The van der Waals surface area contributed by atoms with Gasteiger partial charge in [0, 0.05) is 5.92 Å². The van der Waals surface area contributed by atoms with Crippen molar-refractivity contribution >= 4 is 53.3 Å². The van der Waals surface area contributed by atoms with Crippen LogP contribution in [-0.4, -0.2) is 40.5 Å². The van der Waals surface area contributed by atoms with Crippen molar-refractivity contribution in [2.24, 2.45) is 17.8 Å². The molecule has 0 spiro atoms. The standard InChI is InChI=1S/C10H18O.C7H10O.C3H7.ClH.HI.Mg/c1-8(2)10(11)9-6-4-3-5-7-9;8-6-7-4-2-1-3-5-7;1-3-2;;;/h3-4,8-11H,5-7H2,1-2H3;1-2,6-7H,3-5H2;3H,1-2H3;2*1H;/q;;-1;;;+2/p-1. The minimum Gasteiger partial charge on any atom is -1.00 e. The molecular weight excluding hydrogens is 459 g/mol. The summed E-state index contributed by atoms with van der Waals surface area (Å²) in [5.74, 6) is 1.24. The average Bonchev–Trinajstić information content (AvgIpc) is 2.57. The first-order valence-electron chi connectivity index (χ1n) is 8.74. The van der Waals surface area contributed by atoms with Crippen LogP contribution in [0.4, 0.5) is 0 Å². The molecule has 3 unspecified atom stereocenters. The maximum Gasteiger partial charge on any atom is 2.00 e. The molecule has 3 atom stereocenters. The Morgan fingerprint density at radius 2 is 1.52 bits per heavy atom. The second-order valence-electron chi connectivity index (χ2n) is 6.54. The molecule has 0 radical (unpaired) electrons. The van der Waals surface area contributed by atoms with Crippen molar-refractivity contribution < 1.29 is 22.3 Å². The maximum atomic E-state index is 10.1. The van der Waals surface area contributed by atoms with Gasteiger partial charge in [0.2, 0.25) is 0 Å². The van der Waals surface area contributed by atoms with Crippen molar-refractivity contribution in [2.45, 2.75) is 72.3 Å². The first-order chi connectivity index (χ1) is 10.6. The predicted molar refractivity (Wildman–Crippen MR) is 117 cm³/mol. The van der Waals surface area contributed by atoms with Gasteiger partial charge < -0.3 is 28.7 Å². The fourth-order valence-corrected chi connectivity index (χ4v) is 2.61. The summed E-state index contributed by atoms with van der Waals surface area (Å²) in [6.07, 6.45) is 18.1. The van der Waals surface area contributed by atoms with E-state index in [-0.39, 0.29) is 65.5 Å². The van der Waals surface area contributed by atoms with E-state index in [2.05, 4.69) is 38.2 Å². The largest absolute Gasteiger partial charge is 2.00 e. The van der Waals surface area contributed by atoms with Gasteiger partial charge in [-0.2, -0.15) is 13.8 Å². The van der Waals surface area contributed by atoms with Gasteiger partial charge in [0.05, 0.1) is 6.10 Å². The molecule has 0 aromatic heterocycles. The van der Waals surface area contributed by atoms with E-state index >= 15 is 0 Å². The van der Waals surface area contributed by atoms with Crippen LogP contribution in [0.1, 0.15) is 66.2 Å². The zero-order valence-corrected chi connectivity index (χ0v) is 20.9. The fraction of sp³-hybridized carbons (Fsp3) is 0.700. The normalized spacial score (nSPS) is 21.7. The predicted octanol–water partition coefficient (Wildman–Crippen LogP) is 2.37. The number of carbonyl (C=O) groups is 1. The van der Waals surface area contributed by atoms with Gasteiger partial charge in [-0.15, -0.1) is 24.0 Å². The van der Waals surface area contributed by atoms with Crippen LogP contribution in [0.3, 0.4) is 0 Å². The molecule has 5 heteroatoms. The Bertz CT molecular complexity index is 336. The van der Waals surface area contributed by atoms with E-state index in [9.17, 15) is 9.90 Å². The van der Waals surface area contributed by atoms with Gasteiger partial charge in [-0.05, 0) is 50.4 Å². The molecule has 144 valence electrons. The summed E-state index contributed by atoms with van der Waals surface area (Å²) in [6.45, 7) is 8.17. The van der Waals surface area contributed by atoms with Crippen LogP contribution in [0.15, 0.2) is 24.3 Å². The first-order valence-corrected chi connectivity index (χ1v) is 8.74. The van der Waals surface area contributed by atoms with Gasteiger partial charge in [0.1, 0.15) is 6.29 Å². The topological polar surface area (TPSA) is 37.3 Å². The molecule has 0 heterocycles. The van der Waals surface area contributed by atoms with Crippen molar-refractivity contribution in [1.29, 1.82) is 0 Å². The second-order valence-corrected chi connectivity index (χ2v) is 6.54. The number of aldehydes is 1. The molecular formula is C20H36ClIMgO2. The van der Waals surface area contributed by atoms with Gasteiger partial charge in [-0.3, -0.25) is 0 Å². The minimum atomic E-state index is -0.0973. The molecule has 0 aromatic rings. The van der Waals surface area contributed by atoms with Gasteiger partial charge in [0.15, 0.2) is 0 Å². The fourth-order valence-electron chi connectivity index (χ4n) is 2.61. The molecule has 0 saturated carbocycles. The van der Waals surface area contributed by atoms with Gasteiger partial charge in [-0.25, -0.2) is 0 Å². The number of aliphatic hydroxyl groups is 1. The first kappa shape index (κ1) is 33.5. The Labute approximate surface area is 195 Å². The van der Waals surface area contributed by atoms with Crippen molar-refractivity contribution in [2.75, 3.05) is 0 Å². The second kappa shape index (κ2) is 22.9. The number of rotatable bonds is 3. The van der Waals surface area contributed by atoms with Crippen LogP contribution >= 0.6 is 24.0 Å². The van der Waals surface area contributed by atoms with Gasteiger partial charge >= 0.3 is 23.1 Å². The number of carbonyl (C=O) groups excluding carboxylic acids is 1. The molecule has 0 amide bonds. The van der Waals surface area contributed by atoms with E-state index in [0.717, 1.165) is 44.8 Å². The van der Waals surface area contributed by atoms with Crippen LogP contribution in [0.2, 0.25) is 0 Å². The SMILES string of the molecule is CC(C)C(O)C1CC=CCC1.C[CH-]C.I.O=CC1CC=CCC1.[Cl-].[Mg+2]. The molecule has 2 nitrogen and oxygen atoms in total. The summed E-state index contributed by atoms with van der Waals surface area (Å²) >= 11 is 0. The van der Waals surface area contributed by atoms with Crippen molar-refractivity contribution in [3.05, 3.63) is 30.7 Å². The van der Waals surface area contributed by atoms with Crippen LogP contribution in [0.25, 0.3) is 0 Å². The van der Waals surface area contributed by atoms with E-state index < -0.39 is 0 Å². The number of hydrogen-bond acceptors (Lipinski definition) is 2. The molecule has 2 rings (SSSR count). The molecule has 1 N–H and O–H groups in total. The van der Waals surface area contributed by atoms with E-state index in [4.69, 9.17) is 0 Å². The number of halogens is 2. The molecule has 0 bridgehead atoms. The smallest absolute Gasteiger partial charge is 1.00 e. The number of aliphatic hydroxyl groups excluding tert-OH is 1. The zero-order chi connectivity index (χ0) is 16.8. The zero-order valence-electron chi connectivity index (χ0n) is 16.4. The van der Waals surface area contributed by atoms with Crippen molar-refractivity contribution in [1.82, 2.24) is 0 Å². The molecule has 0 fully saturated rings. The molecule has 0 aromatic carbocycles. The Morgan fingerprint density at radius 3 is 1.80 bits per heavy atom. The van der Waals surface area contributed by atoms with E-state index in [1.807, 2.05) is 20.3 Å².